The van der Waals surface area contributed by atoms with Crippen LogP contribution >= 0.6 is 0 Å². The van der Waals surface area contributed by atoms with Gasteiger partial charge in [-0.25, -0.2) is 8.42 Å². The molecule has 2 fully saturated rings. The van der Waals surface area contributed by atoms with Crippen LogP contribution in [0.15, 0.2) is 53.4 Å². The molecule has 2 aromatic rings. The van der Waals surface area contributed by atoms with E-state index in [1.54, 1.807) is 12.1 Å². The zero-order chi connectivity index (χ0) is 23.4. The molecule has 2 aromatic carbocycles. The molecular weight excluding hydrogens is 442 g/mol. The summed E-state index contributed by atoms with van der Waals surface area (Å²) in [6, 6.07) is 13.9. The Morgan fingerprint density at radius 2 is 1.70 bits per heavy atom. The summed E-state index contributed by atoms with van der Waals surface area (Å²) in [5, 5.41) is 2.91. The number of amides is 1. The van der Waals surface area contributed by atoms with Crippen LogP contribution in [0, 0.1) is 0 Å². The van der Waals surface area contributed by atoms with Crippen LogP contribution in [-0.4, -0.2) is 75.1 Å². The lowest BCUT2D eigenvalue weighted by atomic mass is 10.1. The van der Waals surface area contributed by atoms with Gasteiger partial charge in [0.15, 0.2) is 0 Å². The third-order valence-corrected chi connectivity index (χ3v) is 7.68. The van der Waals surface area contributed by atoms with Gasteiger partial charge < -0.3 is 14.8 Å². The number of anilines is 1. The predicted molar refractivity (Wildman–Crippen MR) is 126 cm³/mol. The van der Waals surface area contributed by atoms with Crippen molar-refractivity contribution in [1.82, 2.24) is 9.21 Å². The first kappa shape index (κ1) is 23.8. The molecule has 0 aromatic heterocycles. The molecule has 178 valence electrons. The van der Waals surface area contributed by atoms with E-state index in [1.165, 1.54) is 16.4 Å². The van der Waals surface area contributed by atoms with Crippen LogP contribution in [0.25, 0.3) is 0 Å². The van der Waals surface area contributed by atoms with E-state index in [0.29, 0.717) is 24.3 Å². The zero-order valence-electron chi connectivity index (χ0n) is 19.1. The Bertz CT molecular complexity index is 1060. The third-order valence-electron chi connectivity index (χ3n) is 5.84. The molecule has 0 radical (unpaired) electrons. The van der Waals surface area contributed by atoms with Gasteiger partial charge in [-0.2, -0.15) is 4.31 Å². The molecule has 0 spiro atoms. The van der Waals surface area contributed by atoms with Crippen molar-refractivity contribution < 1.29 is 22.7 Å². The van der Waals surface area contributed by atoms with E-state index in [9.17, 15) is 13.2 Å². The second-order valence-corrected chi connectivity index (χ2v) is 10.6. The second-order valence-electron chi connectivity index (χ2n) is 8.65. The van der Waals surface area contributed by atoms with E-state index in [0.717, 1.165) is 38.4 Å². The molecule has 2 aliphatic rings. The number of nitrogens with one attached hydrogen (secondary N) is 1. The van der Waals surface area contributed by atoms with Crippen LogP contribution in [0.3, 0.4) is 0 Å². The molecule has 2 heterocycles. The topological polar surface area (TPSA) is 88.2 Å². The number of ether oxygens (including phenoxy) is 2. The number of carbonyl (C=O) groups excluding carboxylic acids is 1. The maximum atomic E-state index is 13.0. The lowest BCUT2D eigenvalue weighted by molar-refractivity contribution is -0.0440. The number of nitrogens with zero attached hydrogens (tertiary/aromatic N) is 2. The quantitative estimate of drug-likeness (QED) is 0.694. The summed E-state index contributed by atoms with van der Waals surface area (Å²) in [6.45, 7) is 8.44. The monoisotopic (exact) mass is 473 g/mol. The largest absolute Gasteiger partial charge is 0.379 e. The van der Waals surface area contributed by atoms with Gasteiger partial charge in [0.05, 0.1) is 30.3 Å². The molecule has 0 unspecified atom stereocenters. The highest BCUT2D eigenvalue weighted by molar-refractivity contribution is 7.89. The summed E-state index contributed by atoms with van der Waals surface area (Å²) >= 11 is 0. The lowest BCUT2D eigenvalue weighted by Gasteiger charge is -2.34. The fourth-order valence-electron chi connectivity index (χ4n) is 4.22. The molecule has 0 saturated carbocycles. The van der Waals surface area contributed by atoms with Gasteiger partial charge in [-0.3, -0.25) is 9.69 Å². The average molecular weight is 474 g/mol. The lowest BCUT2D eigenvalue weighted by Crippen LogP contribution is -2.48. The Hall–Kier alpha value is -2.30. The molecule has 2 aliphatic heterocycles. The molecule has 1 N–H and O–H groups in total. The highest BCUT2D eigenvalue weighted by Gasteiger charge is 2.32. The van der Waals surface area contributed by atoms with Gasteiger partial charge in [-0.05, 0) is 55.8 Å². The summed E-state index contributed by atoms with van der Waals surface area (Å²) in [6.07, 6.45) is -0.319. The third kappa shape index (κ3) is 5.99. The van der Waals surface area contributed by atoms with Crippen LogP contribution in [0.1, 0.15) is 29.8 Å². The summed E-state index contributed by atoms with van der Waals surface area (Å²) in [5.41, 5.74) is 2.22. The van der Waals surface area contributed by atoms with E-state index in [1.807, 2.05) is 38.1 Å². The average Bonchev–Trinajstić information content (AvgIpc) is 2.79. The number of hydrogen-bond acceptors (Lipinski definition) is 6. The van der Waals surface area contributed by atoms with Crippen LogP contribution in [0.4, 0.5) is 5.69 Å². The fourth-order valence-corrected chi connectivity index (χ4v) is 5.81. The smallest absolute Gasteiger partial charge is 0.255 e. The van der Waals surface area contributed by atoms with Gasteiger partial charge in [0, 0.05) is 44.0 Å². The van der Waals surface area contributed by atoms with Crippen LogP contribution in [0.5, 0.6) is 0 Å². The highest BCUT2D eigenvalue weighted by atomic mass is 32.2. The van der Waals surface area contributed by atoms with Crippen molar-refractivity contribution in [2.75, 3.05) is 44.7 Å². The van der Waals surface area contributed by atoms with E-state index < -0.39 is 10.0 Å². The highest BCUT2D eigenvalue weighted by Crippen LogP contribution is 2.22. The van der Waals surface area contributed by atoms with Crippen LogP contribution < -0.4 is 5.32 Å². The molecule has 1 amide bonds. The van der Waals surface area contributed by atoms with E-state index in [-0.39, 0.29) is 23.0 Å². The molecule has 9 heteroatoms. The van der Waals surface area contributed by atoms with Crippen molar-refractivity contribution in [1.29, 1.82) is 0 Å². The van der Waals surface area contributed by atoms with E-state index in [2.05, 4.69) is 10.2 Å². The Morgan fingerprint density at radius 1 is 1.03 bits per heavy atom. The second kappa shape index (κ2) is 10.3. The van der Waals surface area contributed by atoms with Crippen molar-refractivity contribution in [2.24, 2.45) is 0 Å². The van der Waals surface area contributed by atoms with E-state index >= 15 is 0 Å². The molecule has 2 atom stereocenters. The number of hydrogen-bond donors (Lipinski definition) is 1. The Kier molecular flexibility index (Phi) is 7.45. The van der Waals surface area contributed by atoms with E-state index in [4.69, 9.17) is 9.47 Å². The first-order chi connectivity index (χ1) is 15.8. The molecule has 4 rings (SSSR count). The number of sulfonamides is 1. The first-order valence-corrected chi connectivity index (χ1v) is 12.7. The summed E-state index contributed by atoms with van der Waals surface area (Å²) in [7, 11) is -3.64. The van der Waals surface area contributed by atoms with Crippen molar-refractivity contribution in [3.63, 3.8) is 0 Å². The Morgan fingerprint density at radius 3 is 2.36 bits per heavy atom. The molecule has 0 bridgehead atoms. The van der Waals surface area contributed by atoms with Gasteiger partial charge in [-0.1, -0.05) is 12.1 Å². The van der Waals surface area contributed by atoms with Crippen molar-refractivity contribution >= 4 is 21.6 Å². The molecule has 2 saturated heterocycles. The zero-order valence-corrected chi connectivity index (χ0v) is 19.9. The predicted octanol–water partition coefficient (Wildman–Crippen LogP) is 2.57. The maximum absolute atomic E-state index is 13.0. The first-order valence-electron chi connectivity index (χ1n) is 11.3. The molecule has 8 nitrogen and oxygen atoms in total. The maximum Gasteiger partial charge on any atom is 0.255 e. The fraction of sp³-hybridized carbons (Fsp3) is 0.458. The normalized spacial score (nSPS) is 22.7. The molecule has 0 aliphatic carbocycles. The number of rotatable bonds is 6. The van der Waals surface area contributed by atoms with Gasteiger partial charge in [-0.15, -0.1) is 0 Å². The molecule has 33 heavy (non-hydrogen) atoms. The Labute approximate surface area is 195 Å². The van der Waals surface area contributed by atoms with Gasteiger partial charge in [0.25, 0.3) is 5.91 Å². The Balaban J connectivity index is 1.41. The summed E-state index contributed by atoms with van der Waals surface area (Å²) < 4.78 is 38.5. The summed E-state index contributed by atoms with van der Waals surface area (Å²) in [5.74, 6) is -0.281. The minimum absolute atomic E-state index is 0.160. The minimum atomic E-state index is -3.64. The number of benzene rings is 2. The van der Waals surface area contributed by atoms with Crippen molar-refractivity contribution in [3.8, 4) is 0 Å². The van der Waals surface area contributed by atoms with Crippen LogP contribution in [0.2, 0.25) is 0 Å². The number of carbonyl (C=O) groups is 1. The van der Waals surface area contributed by atoms with Crippen molar-refractivity contribution in [3.05, 3.63) is 59.7 Å². The van der Waals surface area contributed by atoms with Gasteiger partial charge in [0.1, 0.15) is 0 Å². The molecular formula is C24H31N3O5S. The minimum Gasteiger partial charge on any atom is -0.379 e. The van der Waals surface area contributed by atoms with Gasteiger partial charge >= 0.3 is 0 Å². The van der Waals surface area contributed by atoms with Crippen molar-refractivity contribution in [2.45, 2.75) is 37.5 Å². The number of morpholine rings is 2. The van der Waals surface area contributed by atoms with Crippen LogP contribution in [-0.2, 0) is 26.0 Å². The summed E-state index contributed by atoms with van der Waals surface area (Å²) in [4.78, 5) is 15.2. The van der Waals surface area contributed by atoms with Gasteiger partial charge in [0.2, 0.25) is 10.0 Å². The SMILES string of the molecule is C[C@H]1CN(S(=O)(=O)c2ccc(C(=O)Nc3cccc(CN4CCOCC4)c3)cc2)C[C@H](C)O1. The standard InChI is InChI=1S/C24H31N3O5S/c1-18-15-27(16-19(2)32-18)33(29,30)23-8-6-21(7-9-23)24(28)25-22-5-3-4-20(14-22)17-26-10-12-31-13-11-26/h3-9,14,18-19H,10-13,15-17H2,1-2H3,(H,25,28)/t18-,19-/m0/s1.